The summed E-state index contributed by atoms with van der Waals surface area (Å²) in [5.74, 6) is 0.395. The molecular weight excluding hydrogens is 389 g/mol. The number of thiazole rings is 1. The van der Waals surface area contributed by atoms with Crippen LogP contribution in [0, 0.1) is 17.0 Å². The van der Waals surface area contributed by atoms with Crippen molar-refractivity contribution in [2.24, 2.45) is 0 Å². The molecule has 7 nitrogen and oxygen atoms in total. The van der Waals surface area contributed by atoms with E-state index in [2.05, 4.69) is 26.0 Å². The summed E-state index contributed by atoms with van der Waals surface area (Å²) in [7, 11) is 0. The number of non-ortho nitro benzene ring substituents is 1. The van der Waals surface area contributed by atoms with E-state index in [9.17, 15) is 10.1 Å². The molecule has 9 heteroatoms. The topological polar surface area (TPSA) is 93.8 Å². The second kappa shape index (κ2) is 7.07. The van der Waals surface area contributed by atoms with Crippen LogP contribution in [0.2, 0.25) is 5.71 Å². The molecule has 0 amide bonds. The first-order chi connectivity index (χ1) is 11.6. The van der Waals surface area contributed by atoms with Gasteiger partial charge in [0, 0.05) is 0 Å². The van der Waals surface area contributed by atoms with Crippen molar-refractivity contribution in [3.8, 4) is 10.6 Å². The minimum absolute atomic E-state index is 0.0189. The number of nitrogens with zero attached hydrogens (tertiary/aromatic N) is 4. The fourth-order valence-electron chi connectivity index (χ4n) is 2.09. The van der Waals surface area contributed by atoms with Crippen molar-refractivity contribution in [1.29, 1.82) is 0 Å². The van der Waals surface area contributed by atoms with Gasteiger partial charge in [0.1, 0.15) is 0 Å². The van der Waals surface area contributed by atoms with Gasteiger partial charge in [-0.2, -0.15) is 0 Å². The Hall–Kier alpha value is -2.31. The number of aromatic nitrogens is 3. The third-order valence-electron chi connectivity index (χ3n) is 3.18. The van der Waals surface area contributed by atoms with E-state index in [1.54, 1.807) is 29.7 Å². The molecule has 0 saturated carbocycles. The molecule has 1 N–H and O–H groups in total. The Balaban J connectivity index is 1.89. The molecule has 2 heterocycles. The van der Waals surface area contributed by atoms with Crippen molar-refractivity contribution in [2.45, 2.75) is 12.6 Å². The molecular formula is C15H13AsN5O2S. The molecule has 2 aromatic heterocycles. The average molecular weight is 402 g/mol. The monoisotopic (exact) mass is 402 g/mol. The number of nitro groups is 1. The second-order valence-electron chi connectivity index (χ2n) is 4.83. The summed E-state index contributed by atoms with van der Waals surface area (Å²) in [6, 6.07) is 8.09. The van der Waals surface area contributed by atoms with Gasteiger partial charge in [-0.05, 0) is 0 Å². The first-order valence-corrected chi connectivity index (χ1v) is 10.6. The van der Waals surface area contributed by atoms with Gasteiger partial charge in [0.15, 0.2) is 0 Å². The summed E-state index contributed by atoms with van der Waals surface area (Å²) in [6.45, 7) is 1.97. The summed E-state index contributed by atoms with van der Waals surface area (Å²) < 4.78 is 1.16. The maximum atomic E-state index is 10.9. The van der Waals surface area contributed by atoms with Crippen molar-refractivity contribution in [1.82, 2.24) is 15.0 Å². The number of benzene rings is 1. The normalized spacial score (nSPS) is 11.1. The SMILES string of the molecule is C[As]c1nc(C)c(-c2ccnc(Nc3cccc([N+](=O)[O-])c3)n2)s1. The van der Waals surface area contributed by atoms with Crippen LogP contribution in [-0.2, 0) is 0 Å². The van der Waals surface area contributed by atoms with Crippen molar-refractivity contribution >= 4 is 48.2 Å². The Kier molecular flexibility index (Phi) is 4.87. The number of hydrogen-bond donors (Lipinski definition) is 1. The van der Waals surface area contributed by atoms with Crippen molar-refractivity contribution in [3.63, 3.8) is 0 Å². The number of nitro benzene ring substituents is 1. The van der Waals surface area contributed by atoms with Gasteiger partial charge in [0.05, 0.1) is 0 Å². The standard InChI is InChI=1S/C15H13AsN5O2S/c1-9-13(24-14(16-2)18-9)12-6-7-17-15(20-12)19-10-4-3-5-11(8-10)21(22)23/h3-8H,1-2H3,(H,17,19,20). The van der Waals surface area contributed by atoms with Crippen LogP contribution in [0.25, 0.3) is 10.6 Å². The van der Waals surface area contributed by atoms with Gasteiger partial charge in [0.2, 0.25) is 0 Å². The third kappa shape index (κ3) is 3.60. The van der Waals surface area contributed by atoms with Crippen LogP contribution in [-0.4, -0.2) is 35.6 Å². The van der Waals surface area contributed by atoms with E-state index in [1.165, 1.54) is 12.1 Å². The number of nitrogens with one attached hydrogen (secondary N) is 1. The Labute approximate surface area is 149 Å². The van der Waals surface area contributed by atoms with Gasteiger partial charge in [-0.15, -0.1) is 0 Å². The van der Waals surface area contributed by atoms with E-state index < -0.39 is 4.92 Å². The summed E-state index contributed by atoms with van der Waals surface area (Å²) in [5, 5.41) is 13.9. The van der Waals surface area contributed by atoms with Crippen LogP contribution in [0.1, 0.15) is 5.69 Å². The summed E-state index contributed by atoms with van der Waals surface area (Å²) in [5.41, 5.74) is 4.52. The van der Waals surface area contributed by atoms with E-state index in [0.717, 1.165) is 20.1 Å². The van der Waals surface area contributed by atoms with Gasteiger partial charge in [0.25, 0.3) is 0 Å². The van der Waals surface area contributed by atoms with E-state index in [1.807, 2.05) is 13.0 Å². The Bertz CT molecular complexity index is 899. The number of anilines is 2. The molecule has 0 saturated heterocycles. The van der Waals surface area contributed by atoms with Gasteiger partial charge < -0.3 is 0 Å². The third-order valence-corrected chi connectivity index (χ3v) is 6.70. The van der Waals surface area contributed by atoms with Crippen molar-refractivity contribution < 1.29 is 4.92 Å². The molecule has 0 unspecified atom stereocenters. The molecule has 0 aliphatic carbocycles. The molecule has 24 heavy (non-hydrogen) atoms. The molecule has 0 bridgehead atoms. The van der Waals surface area contributed by atoms with Gasteiger partial charge in [-0.1, -0.05) is 0 Å². The minimum atomic E-state index is -0.433. The van der Waals surface area contributed by atoms with Crippen molar-refractivity contribution in [2.75, 3.05) is 5.32 Å². The van der Waals surface area contributed by atoms with Crippen LogP contribution in [0.3, 0.4) is 0 Å². The summed E-state index contributed by atoms with van der Waals surface area (Å²) in [6.07, 6.45) is 1.67. The van der Waals surface area contributed by atoms with Crippen molar-refractivity contribution in [3.05, 3.63) is 52.3 Å². The molecule has 3 rings (SSSR count). The quantitative estimate of drug-likeness (QED) is 0.401. The number of hydrogen-bond acceptors (Lipinski definition) is 7. The summed E-state index contributed by atoms with van der Waals surface area (Å²) in [4.78, 5) is 24.7. The number of aryl methyl sites for hydroxylation is 1. The summed E-state index contributed by atoms with van der Waals surface area (Å²) >= 11 is 1.74. The Morgan fingerprint density at radius 3 is 2.83 bits per heavy atom. The molecule has 3 aromatic rings. The molecule has 0 fully saturated rings. The van der Waals surface area contributed by atoms with Crippen LogP contribution < -0.4 is 9.11 Å². The van der Waals surface area contributed by atoms with E-state index in [-0.39, 0.29) is 21.4 Å². The van der Waals surface area contributed by atoms with Crippen LogP contribution >= 0.6 is 11.3 Å². The zero-order valence-electron chi connectivity index (χ0n) is 12.9. The number of rotatable bonds is 5. The molecule has 1 aromatic carbocycles. The Morgan fingerprint density at radius 2 is 2.12 bits per heavy atom. The molecule has 121 valence electrons. The fourth-order valence-corrected chi connectivity index (χ4v) is 4.63. The Morgan fingerprint density at radius 1 is 1.29 bits per heavy atom. The molecule has 0 aliphatic rings. The van der Waals surface area contributed by atoms with E-state index in [4.69, 9.17) is 0 Å². The zero-order valence-corrected chi connectivity index (χ0v) is 15.6. The average Bonchev–Trinajstić information content (AvgIpc) is 2.96. The van der Waals surface area contributed by atoms with Crippen LogP contribution in [0.4, 0.5) is 17.3 Å². The second-order valence-corrected chi connectivity index (χ2v) is 8.32. The predicted molar refractivity (Wildman–Crippen MR) is 95.5 cm³/mol. The van der Waals surface area contributed by atoms with E-state index in [0.29, 0.717) is 11.6 Å². The molecule has 0 atom stereocenters. The van der Waals surface area contributed by atoms with E-state index >= 15 is 0 Å². The molecule has 0 aliphatic heterocycles. The van der Waals surface area contributed by atoms with Gasteiger partial charge in [-0.25, -0.2) is 0 Å². The predicted octanol–water partition coefficient (Wildman–Crippen LogP) is 2.94. The van der Waals surface area contributed by atoms with Crippen LogP contribution in [0.15, 0.2) is 36.5 Å². The first-order valence-electron chi connectivity index (χ1n) is 6.99. The van der Waals surface area contributed by atoms with Gasteiger partial charge >= 0.3 is 149 Å². The molecule has 0 spiro atoms. The fraction of sp³-hybridized carbons (Fsp3) is 0.133. The first kappa shape index (κ1) is 16.5. The zero-order chi connectivity index (χ0) is 17.1. The van der Waals surface area contributed by atoms with Crippen LogP contribution in [0.5, 0.6) is 0 Å². The van der Waals surface area contributed by atoms with Gasteiger partial charge in [-0.3, -0.25) is 0 Å². The maximum absolute atomic E-state index is 10.9. The molecule has 1 radical (unpaired) electrons.